The van der Waals surface area contributed by atoms with E-state index in [9.17, 15) is 9.18 Å². The molecule has 3 aromatic rings. The van der Waals surface area contributed by atoms with E-state index < -0.39 is 11.7 Å². The summed E-state index contributed by atoms with van der Waals surface area (Å²) in [5, 5.41) is 2.80. The quantitative estimate of drug-likeness (QED) is 0.191. The standard InChI is InChI=1S/C29H32FN6O3.C5H10O.C2H6.C2H4.Pb/c1-18(2)34-28(37)21-10-19(30)4-5-24(21)39-26-13-31-17-33-27(26)36-15-29(16-36)11-20(12-29)38-25-6-8-32-23-7-9-35(3)14-22(23)25;1-6-5-3-2-4-5;2*1-2;/h4-6,8,10,13,17-18,20H,3,7,9,11-12,14-16H2,1-2H3,(H,34,37);5H,2-4H2,1H3;1-2H3;1-2H2;. The molecule has 10 nitrogen and oxygen atoms in total. The molecule has 2 aliphatic carbocycles. The number of rotatable bonds is 9. The van der Waals surface area contributed by atoms with Gasteiger partial charge in [0.2, 0.25) is 0 Å². The molecule has 0 unspecified atom stereocenters. The Hall–Kier alpha value is -3.17. The number of carbonyl (C=O) groups is 1. The van der Waals surface area contributed by atoms with E-state index in [1.54, 1.807) is 13.3 Å². The number of halogens is 1. The van der Waals surface area contributed by atoms with Gasteiger partial charge in [-0.25, -0.2) is 14.4 Å². The zero-order chi connectivity index (χ0) is 36.3. The van der Waals surface area contributed by atoms with Gasteiger partial charge >= 0.3 is 141 Å². The van der Waals surface area contributed by atoms with Gasteiger partial charge in [0.1, 0.15) is 17.9 Å². The number of hydrogen-bond acceptors (Lipinski definition) is 9. The van der Waals surface area contributed by atoms with Crippen LogP contribution in [0.15, 0.2) is 56.1 Å². The third-order valence-corrected chi connectivity index (χ3v) is 10.9. The maximum atomic E-state index is 14.0. The Bertz CT molecular complexity index is 1540. The van der Waals surface area contributed by atoms with Gasteiger partial charge in [-0.2, -0.15) is 0 Å². The fourth-order valence-electron chi connectivity index (χ4n) is 6.51. The first-order chi connectivity index (χ1) is 24.3. The van der Waals surface area contributed by atoms with Gasteiger partial charge in [0.05, 0.1) is 17.9 Å². The molecular weight excluding hydrogens is 831 g/mol. The van der Waals surface area contributed by atoms with Crippen molar-refractivity contribution in [3.05, 3.63) is 78.8 Å². The number of ether oxygens (including phenoxy) is 3. The van der Waals surface area contributed by atoms with E-state index in [2.05, 4.69) is 43.2 Å². The van der Waals surface area contributed by atoms with Gasteiger partial charge in [0, 0.05) is 13.2 Å². The van der Waals surface area contributed by atoms with Crippen LogP contribution in [0, 0.1) is 11.2 Å². The fourth-order valence-corrected chi connectivity index (χ4v) is 7.56. The Morgan fingerprint density at radius 3 is 2.46 bits per heavy atom. The third kappa shape index (κ3) is 9.78. The second-order valence-corrected chi connectivity index (χ2v) is 14.3. The summed E-state index contributed by atoms with van der Waals surface area (Å²) in [7, 11) is 1.78. The van der Waals surface area contributed by atoms with Crippen molar-refractivity contribution in [3.8, 4) is 17.2 Å². The van der Waals surface area contributed by atoms with Crippen molar-refractivity contribution < 1.29 is 23.4 Å². The number of methoxy groups -OCH3 is 1. The second-order valence-electron chi connectivity index (χ2n) is 13.1. The first-order valence-electron chi connectivity index (χ1n) is 17.6. The summed E-state index contributed by atoms with van der Waals surface area (Å²) in [6.45, 7) is 17.4. The summed E-state index contributed by atoms with van der Waals surface area (Å²) in [6.07, 6.45) is 12.7. The van der Waals surface area contributed by atoms with Crippen molar-refractivity contribution in [2.24, 2.45) is 5.41 Å². The minimum Gasteiger partial charge on any atom is -0.381 e. The Balaban J connectivity index is 0.000000496. The first-order valence-corrected chi connectivity index (χ1v) is 20.4. The number of hydrogen-bond donors (Lipinski definition) is 1. The second kappa shape index (κ2) is 18.9. The molecule has 2 aromatic heterocycles. The van der Waals surface area contributed by atoms with E-state index in [1.807, 2.05) is 40.0 Å². The predicted molar refractivity (Wildman–Crippen MR) is 196 cm³/mol. The molecule has 7 rings (SSSR count). The number of aromatic nitrogens is 3. The Kier molecular flexibility index (Phi) is 15.0. The average molecular weight is 883 g/mol. The number of benzene rings is 1. The van der Waals surface area contributed by atoms with Gasteiger partial charge in [-0.15, -0.1) is 13.2 Å². The summed E-state index contributed by atoms with van der Waals surface area (Å²) in [6, 6.07) is 5.85. The molecule has 0 bridgehead atoms. The Morgan fingerprint density at radius 2 is 1.84 bits per heavy atom. The number of nitrogens with one attached hydrogen (secondary N) is 1. The summed E-state index contributed by atoms with van der Waals surface area (Å²) in [5.41, 5.74) is 2.75. The van der Waals surface area contributed by atoms with Crippen molar-refractivity contribution in [1.29, 1.82) is 0 Å². The van der Waals surface area contributed by atoms with E-state index in [-0.39, 0.29) is 28.9 Å². The normalized spacial score (nSPS) is 17.6. The fraction of sp³-hybridized carbons (Fsp3) is 0.526. The Morgan fingerprint density at radius 1 is 1.10 bits per heavy atom. The predicted octanol–water partition coefficient (Wildman–Crippen LogP) is 6.49. The Labute approximate surface area is 312 Å². The molecule has 2 aliphatic heterocycles. The maximum absolute atomic E-state index is 14.0. The number of carbonyl (C=O) groups excluding carboxylic acids is 1. The molecule has 12 heteroatoms. The van der Waals surface area contributed by atoms with Crippen LogP contribution in [0.1, 0.15) is 81.4 Å². The van der Waals surface area contributed by atoms with Gasteiger partial charge in [0.25, 0.3) is 5.91 Å². The van der Waals surface area contributed by atoms with Crippen LogP contribution < -0.4 is 19.7 Å². The molecule has 4 heterocycles. The van der Waals surface area contributed by atoms with Gasteiger partial charge in [-0.3, -0.25) is 4.79 Å². The number of fused-ring (bicyclic) bond motifs is 1. The van der Waals surface area contributed by atoms with E-state index >= 15 is 0 Å². The number of anilines is 1. The zero-order valence-electron chi connectivity index (χ0n) is 30.2. The largest absolute Gasteiger partial charge is 0.381 e. The van der Waals surface area contributed by atoms with Crippen LogP contribution in [0.4, 0.5) is 10.2 Å². The molecule has 1 aromatic carbocycles. The van der Waals surface area contributed by atoms with Crippen LogP contribution in [-0.2, 0) is 17.7 Å². The SMILES string of the molecule is C=C.CC.CC(C)NC(=O)c1cc(F)ccc1Oc1cncnc1N1CC2(CC(Oc3ccnc4c3CN([CH2][Pb])CC4)C2)C1.COC1CCC1. The minimum absolute atomic E-state index is 0.0942. The monoisotopic (exact) mass is 883 g/mol. The topological polar surface area (TPSA) is 102 Å². The molecular formula is C38H52FN6O4Pb. The zero-order valence-corrected chi connectivity index (χ0v) is 34.1. The van der Waals surface area contributed by atoms with Gasteiger partial charge in [0.15, 0.2) is 5.75 Å². The van der Waals surface area contributed by atoms with E-state index in [0.717, 1.165) is 51.2 Å². The van der Waals surface area contributed by atoms with Gasteiger partial charge in [-0.05, 0) is 51.3 Å². The van der Waals surface area contributed by atoms with E-state index in [4.69, 9.17) is 14.2 Å². The molecule has 1 N–H and O–H groups in total. The van der Waals surface area contributed by atoms with Crippen LogP contribution >= 0.6 is 0 Å². The molecule has 269 valence electrons. The summed E-state index contributed by atoms with van der Waals surface area (Å²) in [5.74, 6) is 1.44. The summed E-state index contributed by atoms with van der Waals surface area (Å²) < 4.78 is 32.8. The number of pyridine rings is 1. The number of amides is 1. The molecule has 0 atom stereocenters. The van der Waals surface area contributed by atoms with Crippen LogP contribution in [0.5, 0.6) is 17.2 Å². The molecule has 3 radical (unpaired) electrons. The first kappa shape index (κ1) is 39.6. The van der Waals surface area contributed by atoms with Gasteiger partial charge in [-0.1, -0.05) is 13.8 Å². The molecule has 2 saturated carbocycles. The van der Waals surface area contributed by atoms with Crippen molar-refractivity contribution >= 4 is 37.5 Å². The smallest absolute Gasteiger partial charge is 0.0571 e. The molecule has 4 aliphatic rings. The molecule has 1 spiro atoms. The van der Waals surface area contributed by atoms with Crippen molar-refractivity contribution in [2.75, 3.05) is 35.7 Å². The van der Waals surface area contributed by atoms with Crippen LogP contribution in [0.25, 0.3) is 0 Å². The van der Waals surface area contributed by atoms with Crippen molar-refractivity contribution in [2.45, 2.75) is 91.0 Å². The van der Waals surface area contributed by atoms with E-state index in [0.29, 0.717) is 17.7 Å². The third-order valence-electron chi connectivity index (χ3n) is 9.21. The van der Waals surface area contributed by atoms with Crippen LogP contribution in [0.3, 0.4) is 0 Å². The molecule has 1 amide bonds. The average Bonchev–Trinajstić information content (AvgIpc) is 3.07. The molecule has 1 saturated heterocycles. The minimum atomic E-state index is -0.506. The van der Waals surface area contributed by atoms with Crippen LogP contribution in [-0.4, -0.2) is 101 Å². The number of nitrogens with zero attached hydrogens (tertiary/aromatic N) is 5. The summed E-state index contributed by atoms with van der Waals surface area (Å²) in [4.78, 5) is 30.6. The molecule has 3 fully saturated rings. The van der Waals surface area contributed by atoms with E-state index in [1.165, 1.54) is 84.9 Å². The van der Waals surface area contributed by atoms with Crippen molar-refractivity contribution in [1.82, 2.24) is 25.2 Å². The van der Waals surface area contributed by atoms with Crippen LogP contribution in [0.2, 0.25) is 0 Å². The van der Waals surface area contributed by atoms with Crippen molar-refractivity contribution in [3.63, 3.8) is 0 Å². The maximum Gasteiger partial charge on any atom is 0.0571 e. The van der Waals surface area contributed by atoms with Gasteiger partial charge < -0.3 is 14.8 Å². The summed E-state index contributed by atoms with van der Waals surface area (Å²) >= 11 is 1.17. The molecule has 50 heavy (non-hydrogen) atoms.